The van der Waals surface area contributed by atoms with Crippen LogP contribution in [-0.2, 0) is 12.7 Å². The van der Waals surface area contributed by atoms with E-state index in [0.717, 1.165) is 6.07 Å². The molecule has 194 valence electrons. The van der Waals surface area contributed by atoms with E-state index in [-0.39, 0.29) is 29.4 Å². The molecule has 0 aliphatic heterocycles. The highest BCUT2D eigenvalue weighted by Crippen LogP contribution is 2.33. The third kappa shape index (κ3) is 4.84. The topological polar surface area (TPSA) is 77.1 Å². The third-order valence-electron chi connectivity index (χ3n) is 5.99. The van der Waals surface area contributed by atoms with Crippen molar-refractivity contribution in [1.29, 1.82) is 0 Å². The Morgan fingerprint density at radius 2 is 1.74 bits per heavy atom. The Hall–Kier alpha value is -4.25. The Labute approximate surface area is 218 Å². The lowest BCUT2D eigenvalue weighted by atomic mass is 10.1. The van der Waals surface area contributed by atoms with E-state index in [2.05, 4.69) is 20.5 Å². The van der Waals surface area contributed by atoms with E-state index >= 15 is 0 Å². The Morgan fingerprint density at radius 3 is 2.42 bits per heavy atom. The second kappa shape index (κ2) is 9.56. The first-order valence-corrected chi connectivity index (χ1v) is 11.7. The fourth-order valence-electron chi connectivity index (χ4n) is 4.05. The second-order valence-corrected chi connectivity index (χ2v) is 9.02. The van der Waals surface area contributed by atoms with Crippen LogP contribution in [0.1, 0.15) is 33.1 Å². The molecule has 0 fully saturated rings. The van der Waals surface area contributed by atoms with Gasteiger partial charge in [-0.25, -0.2) is 13.9 Å². The van der Waals surface area contributed by atoms with Gasteiger partial charge in [0.15, 0.2) is 17.0 Å². The van der Waals surface area contributed by atoms with Crippen LogP contribution in [0.3, 0.4) is 0 Å². The van der Waals surface area contributed by atoms with Gasteiger partial charge in [-0.3, -0.25) is 9.48 Å². The van der Waals surface area contributed by atoms with Crippen LogP contribution in [0.15, 0.2) is 60.7 Å². The molecular formula is C26H19ClF4N6O. The number of nitrogens with one attached hydrogen (secondary N) is 1. The first-order chi connectivity index (χ1) is 18.0. The summed E-state index contributed by atoms with van der Waals surface area (Å²) in [5.74, 6) is -1.13. The van der Waals surface area contributed by atoms with Gasteiger partial charge in [-0.05, 0) is 38.1 Å². The van der Waals surface area contributed by atoms with Crippen molar-refractivity contribution in [2.45, 2.75) is 26.6 Å². The highest BCUT2D eigenvalue weighted by molar-refractivity contribution is 6.30. The summed E-state index contributed by atoms with van der Waals surface area (Å²) in [4.78, 5) is 17.3. The van der Waals surface area contributed by atoms with Crippen LogP contribution >= 0.6 is 11.6 Å². The van der Waals surface area contributed by atoms with E-state index in [1.807, 2.05) is 0 Å². The summed E-state index contributed by atoms with van der Waals surface area (Å²) in [7, 11) is 0. The molecule has 0 bridgehead atoms. The lowest BCUT2D eigenvalue weighted by Crippen LogP contribution is -2.16. The molecule has 0 saturated carbocycles. The standard InChI is InChI=1S/C26H19ClF4N6O/c1-14-24(15(2)36(34-14)13-17-5-3-4-6-19(17)28)33-25(38)21-12-23-32-20(16-7-9-18(27)10-8-16)11-22(26(29,30)31)37(23)35-21/h3-12H,13H2,1-2H3,(H,33,38). The van der Waals surface area contributed by atoms with Gasteiger partial charge < -0.3 is 5.32 Å². The molecule has 0 radical (unpaired) electrons. The van der Waals surface area contributed by atoms with Gasteiger partial charge in [0, 0.05) is 22.2 Å². The summed E-state index contributed by atoms with van der Waals surface area (Å²) in [6.45, 7) is 3.49. The molecule has 38 heavy (non-hydrogen) atoms. The molecule has 0 saturated heterocycles. The molecule has 7 nitrogen and oxygen atoms in total. The maximum atomic E-state index is 14.1. The normalized spacial score (nSPS) is 11.8. The lowest BCUT2D eigenvalue weighted by Gasteiger charge is -2.11. The van der Waals surface area contributed by atoms with Gasteiger partial charge in [0.25, 0.3) is 5.91 Å². The molecule has 5 rings (SSSR count). The third-order valence-corrected chi connectivity index (χ3v) is 6.24. The molecule has 2 aromatic carbocycles. The van der Waals surface area contributed by atoms with E-state index in [0.29, 0.717) is 37.7 Å². The fourth-order valence-corrected chi connectivity index (χ4v) is 4.18. The predicted molar refractivity (Wildman–Crippen MR) is 134 cm³/mol. The number of aryl methyl sites for hydroxylation is 1. The van der Waals surface area contributed by atoms with Crippen molar-refractivity contribution in [3.63, 3.8) is 0 Å². The van der Waals surface area contributed by atoms with Gasteiger partial charge in [-0.2, -0.15) is 23.4 Å². The zero-order valence-corrected chi connectivity index (χ0v) is 20.8. The van der Waals surface area contributed by atoms with Crippen molar-refractivity contribution in [1.82, 2.24) is 24.4 Å². The van der Waals surface area contributed by atoms with E-state index in [4.69, 9.17) is 11.6 Å². The number of carbonyl (C=O) groups is 1. The van der Waals surface area contributed by atoms with E-state index in [9.17, 15) is 22.4 Å². The quantitative estimate of drug-likeness (QED) is 0.264. The summed E-state index contributed by atoms with van der Waals surface area (Å²) >= 11 is 5.89. The summed E-state index contributed by atoms with van der Waals surface area (Å²) < 4.78 is 57.9. The highest BCUT2D eigenvalue weighted by atomic mass is 35.5. The first kappa shape index (κ1) is 25.4. The number of fused-ring (bicyclic) bond motifs is 1. The van der Waals surface area contributed by atoms with Crippen molar-refractivity contribution in [2.24, 2.45) is 0 Å². The van der Waals surface area contributed by atoms with Crippen LogP contribution in [0.4, 0.5) is 23.2 Å². The Kier molecular flexibility index (Phi) is 6.39. The minimum Gasteiger partial charge on any atom is -0.317 e. The van der Waals surface area contributed by atoms with Crippen molar-refractivity contribution >= 4 is 28.8 Å². The van der Waals surface area contributed by atoms with Gasteiger partial charge >= 0.3 is 6.18 Å². The minimum atomic E-state index is -4.76. The van der Waals surface area contributed by atoms with Gasteiger partial charge in [-0.15, -0.1) is 0 Å². The zero-order valence-electron chi connectivity index (χ0n) is 20.0. The monoisotopic (exact) mass is 542 g/mol. The maximum Gasteiger partial charge on any atom is 0.433 e. The van der Waals surface area contributed by atoms with Crippen molar-refractivity contribution in [3.8, 4) is 11.3 Å². The molecule has 1 N–H and O–H groups in total. The van der Waals surface area contributed by atoms with Crippen molar-refractivity contribution in [3.05, 3.63) is 99.8 Å². The average molecular weight is 543 g/mol. The number of carbonyl (C=O) groups excluding carboxylic acids is 1. The van der Waals surface area contributed by atoms with E-state index < -0.39 is 17.8 Å². The van der Waals surface area contributed by atoms with Gasteiger partial charge in [-0.1, -0.05) is 41.9 Å². The molecular weight excluding hydrogens is 524 g/mol. The molecule has 3 heterocycles. The summed E-state index contributed by atoms with van der Waals surface area (Å²) in [5, 5.41) is 11.4. The number of amides is 1. The molecule has 1 amide bonds. The van der Waals surface area contributed by atoms with Crippen LogP contribution in [0.25, 0.3) is 16.9 Å². The average Bonchev–Trinajstić information content (AvgIpc) is 3.41. The molecule has 0 aliphatic rings. The van der Waals surface area contributed by atoms with Gasteiger partial charge in [0.1, 0.15) is 5.82 Å². The minimum absolute atomic E-state index is 0.0504. The smallest absolute Gasteiger partial charge is 0.317 e. The number of aromatic nitrogens is 5. The zero-order chi connectivity index (χ0) is 27.2. The molecule has 0 spiro atoms. The van der Waals surface area contributed by atoms with Crippen LogP contribution in [0, 0.1) is 19.7 Å². The number of hydrogen-bond acceptors (Lipinski definition) is 4. The van der Waals surface area contributed by atoms with Crippen LogP contribution in [0.5, 0.6) is 0 Å². The first-order valence-electron chi connectivity index (χ1n) is 11.3. The molecule has 12 heteroatoms. The van der Waals surface area contributed by atoms with E-state index in [1.54, 1.807) is 56.3 Å². The number of anilines is 1. The number of rotatable bonds is 5. The number of halogens is 5. The fraction of sp³-hybridized carbons (Fsp3) is 0.154. The van der Waals surface area contributed by atoms with Gasteiger partial charge in [0.2, 0.25) is 0 Å². The maximum absolute atomic E-state index is 14.1. The van der Waals surface area contributed by atoms with Crippen molar-refractivity contribution < 1.29 is 22.4 Å². The molecule has 0 unspecified atom stereocenters. The highest BCUT2D eigenvalue weighted by Gasteiger charge is 2.35. The summed E-state index contributed by atoms with van der Waals surface area (Å²) in [6.07, 6.45) is -4.76. The predicted octanol–water partition coefficient (Wildman–Crippen LogP) is 6.32. The van der Waals surface area contributed by atoms with Crippen molar-refractivity contribution in [2.75, 3.05) is 5.32 Å². The number of benzene rings is 2. The number of nitrogens with zero attached hydrogens (tertiary/aromatic N) is 5. The Bertz CT molecular complexity index is 1670. The number of hydrogen-bond donors (Lipinski definition) is 1. The molecule has 0 aliphatic carbocycles. The Morgan fingerprint density at radius 1 is 1.03 bits per heavy atom. The van der Waals surface area contributed by atoms with Crippen LogP contribution in [0.2, 0.25) is 5.02 Å². The molecule has 3 aromatic heterocycles. The van der Waals surface area contributed by atoms with Gasteiger partial charge in [0.05, 0.1) is 29.3 Å². The van der Waals surface area contributed by atoms with Crippen LogP contribution in [-0.4, -0.2) is 30.3 Å². The Balaban J connectivity index is 1.48. The number of alkyl halides is 3. The van der Waals surface area contributed by atoms with Crippen LogP contribution < -0.4 is 5.32 Å². The molecule has 0 atom stereocenters. The SMILES string of the molecule is Cc1nn(Cc2ccccc2F)c(C)c1NC(=O)c1cc2nc(-c3ccc(Cl)cc3)cc(C(F)(F)F)n2n1. The van der Waals surface area contributed by atoms with E-state index in [1.165, 1.54) is 16.8 Å². The summed E-state index contributed by atoms with van der Waals surface area (Å²) in [6, 6.07) is 14.5. The second-order valence-electron chi connectivity index (χ2n) is 8.58. The lowest BCUT2D eigenvalue weighted by molar-refractivity contribution is -0.142. The largest absolute Gasteiger partial charge is 0.433 e. The summed E-state index contributed by atoms with van der Waals surface area (Å²) in [5.41, 5.74) is 0.731. The molecule has 5 aromatic rings.